The van der Waals surface area contributed by atoms with Crippen LogP contribution in [-0.4, -0.2) is 21.9 Å². The molecular formula is C20H27N3O4. The molecule has 7 heteroatoms. The lowest BCUT2D eigenvalue weighted by molar-refractivity contribution is -0.122. The van der Waals surface area contributed by atoms with Gasteiger partial charge in [-0.15, -0.1) is 0 Å². The number of hydrazine groups is 1. The lowest BCUT2D eigenvalue weighted by Crippen LogP contribution is -2.43. The monoisotopic (exact) mass is 373 g/mol. The Hall–Kier alpha value is -2.83. The zero-order valence-corrected chi connectivity index (χ0v) is 15.6. The summed E-state index contributed by atoms with van der Waals surface area (Å²) in [5.41, 5.74) is 3.77. The second-order valence-electron chi connectivity index (χ2n) is 6.60. The summed E-state index contributed by atoms with van der Waals surface area (Å²) in [5.74, 6) is -1.59. The summed E-state index contributed by atoms with van der Waals surface area (Å²) >= 11 is 0. The van der Waals surface area contributed by atoms with Crippen LogP contribution in [0.5, 0.6) is 5.75 Å². The van der Waals surface area contributed by atoms with Gasteiger partial charge in [0.2, 0.25) is 5.91 Å². The SMILES string of the molecule is CCCCCCCCCC(=O)NNC(=O)c1c(O)c2ccccc2[nH]c1=O. The van der Waals surface area contributed by atoms with E-state index in [1.165, 1.54) is 25.7 Å². The number of aromatic amines is 1. The fraction of sp³-hybridized carbons (Fsp3) is 0.450. The number of rotatable bonds is 9. The molecule has 4 N–H and O–H groups in total. The smallest absolute Gasteiger partial charge is 0.279 e. The number of H-pyrrole nitrogens is 1. The molecule has 7 nitrogen and oxygen atoms in total. The molecule has 0 aliphatic heterocycles. The number of benzene rings is 1. The molecule has 146 valence electrons. The molecule has 2 aromatic rings. The minimum atomic E-state index is -0.854. The molecule has 2 rings (SSSR count). The molecule has 0 saturated heterocycles. The van der Waals surface area contributed by atoms with E-state index in [4.69, 9.17) is 0 Å². The lowest BCUT2D eigenvalue weighted by Gasteiger charge is -2.09. The van der Waals surface area contributed by atoms with Crippen LogP contribution in [0.2, 0.25) is 0 Å². The highest BCUT2D eigenvalue weighted by atomic mass is 16.3. The molecule has 27 heavy (non-hydrogen) atoms. The molecule has 0 unspecified atom stereocenters. The van der Waals surface area contributed by atoms with Gasteiger partial charge in [-0.3, -0.25) is 25.2 Å². The molecule has 0 fully saturated rings. The van der Waals surface area contributed by atoms with E-state index < -0.39 is 22.8 Å². The van der Waals surface area contributed by atoms with Crippen LogP contribution >= 0.6 is 0 Å². The number of fused-ring (bicyclic) bond motifs is 1. The lowest BCUT2D eigenvalue weighted by atomic mass is 10.1. The van der Waals surface area contributed by atoms with Gasteiger partial charge in [0.15, 0.2) is 0 Å². The van der Waals surface area contributed by atoms with E-state index in [1.807, 2.05) is 0 Å². The quantitative estimate of drug-likeness (QED) is 0.400. The number of hydrogen-bond donors (Lipinski definition) is 4. The van der Waals surface area contributed by atoms with E-state index in [0.717, 1.165) is 19.3 Å². The molecule has 0 atom stereocenters. The first-order valence-electron chi connectivity index (χ1n) is 9.47. The normalized spacial score (nSPS) is 10.7. The van der Waals surface area contributed by atoms with Crippen LogP contribution in [0.4, 0.5) is 0 Å². The molecular weight excluding hydrogens is 346 g/mol. The first kappa shape index (κ1) is 20.5. The van der Waals surface area contributed by atoms with Gasteiger partial charge in [0, 0.05) is 11.8 Å². The van der Waals surface area contributed by atoms with Crippen molar-refractivity contribution in [2.24, 2.45) is 0 Å². The van der Waals surface area contributed by atoms with Gasteiger partial charge in [-0.2, -0.15) is 0 Å². The summed E-state index contributed by atoms with van der Waals surface area (Å²) in [6, 6.07) is 6.62. The maximum Gasteiger partial charge on any atom is 0.279 e. The van der Waals surface area contributed by atoms with Crippen molar-refractivity contribution >= 4 is 22.7 Å². The van der Waals surface area contributed by atoms with Crippen molar-refractivity contribution in [3.8, 4) is 5.75 Å². The van der Waals surface area contributed by atoms with Crippen molar-refractivity contribution in [1.29, 1.82) is 0 Å². The Kier molecular flexibility index (Phi) is 7.85. The number of unbranched alkanes of at least 4 members (excludes halogenated alkanes) is 6. The third-order valence-electron chi connectivity index (χ3n) is 4.44. The minimum absolute atomic E-state index is 0.300. The second-order valence-corrected chi connectivity index (χ2v) is 6.60. The van der Waals surface area contributed by atoms with Crippen LogP contribution in [0.25, 0.3) is 10.9 Å². The molecule has 0 aliphatic carbocycles. The van der Waals surface area contributed by atoms with Crippen molar-refractivity contribution in [3.63, 3.8) is 0 Å². The van der Waals surface area contributed by atoms with Crippen LogP contribution in [0.15, 0.2) is 29.1 Å². The Balaban J connectivity index is 1.83. The third-order valence-corrected chi connectivity index (χ3v) is 4.44. The fourth-order valence-electron chi connectivity index (χ4n) is 2.93. The number of para-hydroxylation sites is 1. The Morgan fingerprint density at radius 1 is 1.00 bits per heavy atom. The molecule has 1 heterocycles. The Morgan fingerprint density at radius 2 is 1.67 bits per heavy atom. The molecule has 0 bridgehead atoms. The highest BCUT2D eigenvalue weighted by Gasteiger charge is 2.19. The van der Waals surface area contributed by atoms with Gasteiger partial charge < -0.3 is 10.1 Å². The van der Waals surface area contributed by atoms with E-state index in [0.29, 0.717) is 17.3 Å². The summed E-state index contributed by atoms with van der Waals surface area (Å²) in [6.07, 6.45) is 7.96. The van der Waals surface area contributed by atoms with Gasteiger partial charge in [-0.1, -0.05) is 57.6 Å². The average Bonchev–Trinajstić information content (AvgIpc) is 2.65. The standard InChI is InChI=1S/C20H27N3O4/c1-2-3-4-5-6-7-8-13-16(24)22-23-20(27)17-18(25)14-11-9-10-12-15(14)21-19(17)26/h9-12H,2-8,13H2,1H3,(H,22,24)(H,23,27)(H2,21,25,26). The van der Waals surface area contributed by atoms with E-state index in [2.05, 4.69) is 22.8 Å². The maximum absolute atomic E-state index is 12.2. The second kappa shape index (κ2) is 10.4. The number of aromatic nitrogens is 1. The Bertz CT molecular complexity index is 845. The fourth-order valence-corrected chi connectivity index (χ4v) is 2.93. The molecule has 0 radical (unpaired) electrons. The van der Waals surface area contributed by atoms with E-state index in [1.54, 1.807) is 24.3 Å². The molecule has 1 aromatic heterocycles. The summed E-state index contributed by atoms with van der Waals surface area (Å²) in [6.45, 7) is 2.17. The summed E-state index contributed by atoms with van der Waals surface area (Å²) in [7, 11) is 0. The van der Waals surface area contributed by atoms with Gasteiger partial charge >= 0.3 is 0 Å². The van der Waals surface area contributed by atoms with Gasteiger partial charge in [0.25, 0.3) is 11.5 Å². The number of amides is 2. The van der Waals surface area contributed by atoms with Gasteiger partial charge in [0.1, 0.15) is 11.3 Å². The van der Waals surface area contributed by atoms with E-state index >= 15 is 0 Å². The summed E-state index contributed by atoms with van der Waals surface area (Å²) < 4.78 is 0. The number of carbonyl (C=O) groups is 2. The highest BCUT2D eigenvalue weighted by molar-refractivity contribution is 6.02. The Morgan fingerprint density at radius 3 is 2.41 bits per heavy atom. The molecule has 0 aliphatic rings. The van der Waals surface area contributed by atoms with Crippen molar-refractivity contribution in [2.75, 3.05) is 0 Å². The number of hydrogen-bond acceptors (Lipinski definition) is 4. The van der Waals surface area contributed by atoms with Crippen LogP contribution in [0, 0.1) is 0 Å². The van der Waals surface area contributed by atoms with Crippen molar-refractivity contribution in [2.45, 2.75) is 58.3 Å². The van der Waals surface area contributed by atoms with Crippen LogP contribution in [0.1, 0.15) is 68.6 Å². The first-order chi connectivity index (χ1) is 13.0. The summed E-state index contributed by atoms with van der Waals surface area (Å²) in [5, 5.41) is 10.6. The number of nitrogens with one attached hydrogen (secondary N) is 3. The first-order valence-corrected chi connectivity index (χ1v) is 9.47. The van der Waals surface area contributed by atoms with Crippen LogP contribution < -0.4 is 16.4 Å². The van der Waals surface area contributed by atoms with Gasteiger partial charge in [-0.25, -0.2) is 0 Å². The number of carbonyl (C=O) groups excluding carboxylic acids is 2. The number of aromatic hydroxyl groups is 1. The maximum atomic E-state index is 12.2. The Labute approximate surface area is 158 Å². The molecule has 0 spiro atoms. The zero-order chi connectivity index (χ0) is 19.6. The zero-order valence-electron chi connectivity index (χ0n) is 15.6. The minimum Gasteiger partial charge on any atom is -0.506 e. The average molecular weight is 373 g/mol. The van der Waals surface area contributed by atoms with Gasteiger partial charge in [0.05, 0.1) is 5.52 Å². The molecule has 2 amide bonds. The van der Waals surface area contributed by atoms with E-state index in [9.17, 15) is 19.5 Å². The van der Waals surface area contributed by atoms with Crippen molar-refractivity contribution in [1.82, 2.24) is 15.8 Å². The predicted octanol–water partition coefficient (Wildman–Crippen LogP) is 3.14. The topological polar surface area (TPSA) is 111 Å². The molecule has 0 saturated carbocycles. The molecule has 1 aromatic carbocycles. The van der Waals surface area contributed by atoms with Gasteiger partial charge in [-0.05, 0) is 18.6 Å². The highest BCUT2D eigenvalue weighted by Crippen LogP contribution is 2.24. The third kappa shape index (κ3) is 5.84. The van der Waals surface area contributed by atoms with E-state index in [-0.39, 0.29) is 5.91 Å². The largest absolute Gasteiger partial charge is 0.506 e. The van der Waals surface area contributed by atoms with Crippen molar-refractivity contribution in [3.05, 3.63) is 40.2 Å². The van der Waals surface area contributed by atoms with Crippen LogP contribution in [0.3, 0.4) is 0 Å². The van der Waals surface area contributed by atoms with Crippen molar-refractivity contribution < 1.29 is 14.7 Å². The summed E-state index contributed by atoms with van der Waals surface area (Å²) in [4.78, 5) is 38.6. The predicted molar refractivity (Wildman–Crippen MR) is 104 cm³/mol. The number of pyridine rings is 1. The van der Waals surface area contributed by atoms with Crippen LogP contribution in [-0.2, 0) is 4.79 Å².